The molecule has 1 saturated carbocycles. The van der Waals surface area contributed by atoms with Crippen molar-refractivity contribution in [3.8, 4) is 0 Å². The number of epoxide rings is 1. The van der Waals surface area contributed by atoms with Crippen LogP contribution in [0.15, 0.2) is 12.2 Å². The lowest BCUT2D eigenvalue weighted by Gasteiger charge is -2.21. The summed E-state index contributed by atoms with van der Waals surface area (Å²) in [5.41, 5.74) is 6.91. The third kappa shape index (κ3) is 1.10. The highest BCUT2D eigenvalue weighted by molar-refractivity contribution is 5.09. The van der Waals surface area contributed by atoms with Gasteiger partial charge in [0.05, 0.1) is 0 Å². The lowest BCUT2D eigenvalue weighted by molar-refractivity contribution is 0.290. The van der Waals surface area contributed by atoms with Crippen molar-refractivity contribution in [1.82, 2.24) is 0 Å². The average molecular weight is 153 g/mol. The minimum atomic E-state index is -0.230. The molecule has 2 fully saturated rings. The van der Waals surface area contributed by atoms with E-state index in [2.05, 4.69) is 13.5 Å². The molecule has 62 valence electrons. The molecule has 2 N–H and O–H groups in total. The third-order valence-electron chi connectivity index (χ3n) is 2.93. The van der Waals surface area contributed by atoms with Gasteiger partial charge in [0.2, 0.25) is 0 Å². The van der Waals surface area contributed by atoms with Crippen LogP contribution in [0.5, 0.6) is 0 Å². The molecule has 0 bridgehead atoms. The van der Waals surface area contributed by atoms with Crippen LogP contribution < -0.4 is 5.73 Å². The fourth-order valence-electron chi connectivity index (χ4n) is 1.92. The summed E-state index contributed by atoms with van der Waals surface area (Å²) in [6.07, 6.45) is 3.58. The highest BCUT2D eigenvalue weighted by Gasteiger charge is 2.56. The molecule has 0 aromatic carbocycles. The smallest absolute Gasteiger partial charge is 0.143 e. The van der Waals surface area contributed by atoms with Gasteiger partial charge in [-0.2, -0.15) is 0 Å². The van der Waals surface area contributed by atoms with Crippen LogP contribution in [0.25, 0.3) is 0 Å². The van der Waals surface area contributed by atoms with Crippen LogP contribution in [0.1, 0.15) is 26.2 Å². The minimum absolute atomic E-state index is 0.230. The summed E-state index contributed by atoms with van der Waals surface area (Å²) in [6.45, 7) is 6.05. The van der Waals surface area contributed by atoms with E-state index in [0.717, 1.165) is 19.3 Å². The normalized spacial score (nSPS) is 48.2. The fourth-order valence-corrected chi connectivity index (χ4v) is 1.92. The van der Waals surface area contributed by atoms with Gasteiger partial charge in [-0.1, -0.05) is 12.2 Å². The van der Waals surface area contributed by atoms with E-state index in [1.807, 2.05) is 0 Å². The molecule has 2 aliphatic rings. The first kappa shape index (κ1) is 7.32. The van der Waals surface area contributed by atoms with Gasteiger partial charge in [0, 0.05) is 0 Å². The molecule has 1 heterocycles. The van der Waals surface area contributed by atoms with E-state index in [-0.39, 0.29) is 5.72 Å². The summed E-state index contributed by atoms with van der Waals surface area (Å²) in [4.78, 5) is 0. The summed E-state index contributed by atoms with van der Waals surface area (Å²) in [6, 6.07) is 0. The van der Waals surface area contributed by atoms with Crippen LogP contribution in [-0.2, 0) is 4.74 Å². The van der Waals surface area contributed by atoms with Crippen LogP contribution in [0, 0.1) is 5.92 Å². The molecule has 3 atom stereocenters. The highest BCUT2D eigenvalue weighted by atomic mass is 16.6. The number of hydrogen-bond donors (Lipinski definition) is 1. The number of ether oxygens (including phenoxy) is 1. The molecule has 2 nitrogen and oxygen atoms in total. The van der Waals surface area contributed by atoms with Crippen molar-refractivity contribution < 1.29 is 4.74 Å². The molecule has 1 aliphatic carbocycles. The second-order valence-corrected chi connectivity index (χ2v) is 3.88. The van der Waals surface area contributed by atoms with Crippen molar-refractivity contribution >= 4 is 0 Å². The first-order valence-electron chi connectivity index (χ1n) is 4.24. The zero-order valence-corrected chi connectivity index (χ0v) is 6.97. The van der Waals surface area contributed by atoms with Gasteiger partial charge in [-0.3, -0.25) is 0 Å². The maximum atomic E-state index is 5.86. The molecule has 0 aromatic rings. The molecule has 2 rings (SSSR count). The highest BCUT2D eigenvalue weighted by Crippen LogP contribution is 2.47. The van der Waals surface area contributed by atoms with Gasteiger partial charge < -0.3 is 10.5 Å². The molecule has 1 saturated heterocycles. The van der Waals surface area contributed by atoms with E-state index in [1.165, 1.54) is 5.57 Å². The van der Waals surface area contributed by atoms with Crippen LogP contribution in [0.2, 0.25) is 0 Å². The molecule has 1 aliphatic heterocycles. The van der Waals surface area contributed by atoms with Crippen LogP contribution in [-0.4, -0.2) is 11.8 Å². The zero-order chi connectivity index (χ0) is 8.06. The quantitative estimate of drug-likeness (QED) is 0.457. The molecule has 0 radical (unpaired) electrons. The fraction of sp³-hybridized carbons (Fsp3) is 0.778. The van der Waals surface area contributed by atoms with Crippen molar-refractivity contribution in [2.45, 2.75) is 38.0 Å². The van der Waals surface area contributed by atoms with E-state index >= 15 is 0 Å². The Hall–Kier alpha value is -0.340. The minimum Gasteiger partial charge on any atom is -0.350 e. The van der Waals surface area contributed by atoms with E-state index in [4.69, 9.17) is 10.5 Å². The van der Waals surface area contributed by atoms with Gasteiger partial charge in [-0.25, -0.2) is 0 Å². The van der Waals surface area contributed by atoms with Crippen molar-refractivity contribution in [3.05, 3.63) is 12.2 Å². The van der Waals surface area contributed by atoms with Gasteiger partial charge in [0.15, 0.2) is 0 Å². The predicted molar refractivity (Wildman–Crippen MR) is 43.9 cm³/mol. The van der Waals surface area contributed by atoms with Crippen molar-refractivity contribution in [3.63, 3.8) is 0 Å². The van der Waals surface area contributed by atoms with Gasteiger partial charge in [-0.05, 0) is 32.1 Å². The summed E-state index contributed by atoms with van der Waals surface area (Å²) < 4.78 is 5.38. The second-order valence-electron chi connectivity index (χ2n) is 3.88. The van der Waals surface area contributed by atoms with E-state index in [1.54, 1.807) is 0 Å². The lowest BCUT2D eigenvalue weighted by Crippen LogP contribution is -2.32. The summed E-state index contributed by atoms with van der Waals surface area (Å²) in [5.74, 6) is 0.652. The molecule has 0 unspecified atom stereocenters. The number of allylic oxidation sites excluding steroid dienone is 1. The first-order chi connectivity index (χ1) is 5.12. The standard InChI is InChI=1S/C9H15NO/c1-6(2)7-3-4-9(10)8(5-7)11-9/h7-8H,1,3-5,10H2,2H3/t7-,8-,9+/m0/s1. The van der Waals surface area contributed by atoms with Crippen molar-refractivity contribution in [1.29, 1.82) is 0 Å². The summed E-state index contributed by atoms with van der Waals surface area (Å²) in [5, 5.41) is 0. The molecular weight excluding hydrogens is 138 g/mol. The molecule has 11 heavy (non-hydrogen) atoms. The van der Waals surface area contributed by atoms with Crippen molar-refractivity contribution in [2.75, 3.05) is 0 Å². The number of rotatable bonds is 1. The number of hydrogen-bond acceptors (Lipinski definition) is 2. The van der Waals surface area contributed by atoms with Gasteiger partial charge in [0.1, 0.15) is 11.8 Å². The van der Waals surface area contributed by atoms with E-state index in [9.17, 15) is 0 Å². The lowest BCUT2D eigenvalue weighted by atomic mass is 9.83. The largest absolute Gasteiger partial charge is 0.350 e. The predicted octanol–water partition coefficient (Wildman–Crippen LogP) is 1.42. The van der Waals surface area contributed by atoms with Crippen LogP contribution in [0.4, 0.5) is 0 Å². The topological polar surface area (TPSA) is 38.5 Å². The Morgan fingerprint density at radius 2 is 2.45 bits per heavy atom. The SMILES string of the molecule is C=C(C)[C@H]1CC[C@@]2(N)O[C@H]2C1. The second kappa shape index (κ2) is 2.08. The Kier molecular flexibility index (Phi) is 1.38. The molecule has 0 amide bonds. The Morgan fingerprint density at radius 1 is 1.73 bits per heavy atom. The molecule has 0 aromatic heterocycles. The van der Waals surface area contributed by atoms with Gasteiger partial charge in [-0.15, -0.1) is 0 Å². The average Bonchev–Trinajstić information content (AvgIpc) is 2.58. The zero-order valence-electron chi connectivity index (χ0n) is 6.97. The Morgan fingerprint density at radius 3 is 3.00 bits per heavy atom. The summed E-state index contributed by atoms with van der Waals surface area (Å²) >= 11 is 0. The van der Waals surface area contributed by atoms with Crippen LogP contribution >= 0.6 is 0 Å². The Balaban J connectivity index is 1.98. The number of fused-ring (bicyclic) bond motifs is 1. The third-order valence-corrected chi connectivity index (χ3v) is 2.93. The molecular formula is C9H15NO. The molecule has 2 heteroatoms. The van der Waals surface area contributed by atoms with Crippen molar-refractivity contribution in [2.24, 2.45) is 11.7 Å². The maximum absolute atomic E-state index is 5.86. The molecule has 0 spiro atoms. The maximum Gasteiger partial charge on any atom is 0.143 e. The van der Waals surface area contributed by atoms with E-state index in [0.29, 0.717) is 12.0 Å². The van der Waals surface area contributed by atoms with Gasteiger partial charge in [0.25, 0.3) is 0 Å². The monoisotopic (exact) mass is 153 g/mol. The Labute approximate surface area is 67.4 Å². The number of nitrogens with two attached hydrogens (primary N) is 1. The van der Waals surface area contributed by atoms with Gasteiger partial charge >= 0.3 is 0 Å². The first-order valence-corrected chi connectivity index (χ1v) is 4.24. The summed E-state index contributed by atoms with van der Waals surface area (Å²) in [7, 11) is 0. The van der Waals surface area contributed by atoms with E-state index < -0.39 is 0 Å². The van der Waals surface area contributed by atoms with Crippen LogP contribution in [0.3, 0.4) is 0 Å². The Bertz CT molecular complexity index is 202.